The van der Waals surface area contributed by atoms with E-state index in [2.05, 4.69) is 11.1 Å². The van der Waals surface area contributed by atoms with Crippen LogP contribution in [0.1, 0.15) is 36.2 Å². The minimum atomic E-state index is -0.221. The minimum absolute atomic E-state index is 0.143. The molecule has 2 unspecified atom stereocenters. The van der Waals surface area contributed by atoms with Crippen LogP contribution in [0.2, 0.25) is 0 Å². The van der Waals surface area contributed by atoms with E-state index < -0.39 is 0 Å². The van der Waals surface area contributed by atoms with Crippen molar-refractivity contribution in [2.24, 2.45) is 0 Å². The molecule has 0 saturated carbocycles. The number of hydrogen-bond donors (Lipinski definition) is 0. The predicted molar refractivity (Wildman–Crippen MR) is 80.0 cm³/mol. The van der Waals surface area contributed by atoms with Crippen molar-refractivity contribution in [2.45, 2.75) is 31.7 Å². The summed E-state index contributed by atoms with van der Waals surface area (Å²) in [7, 11) is 1.84. The smallest absolute Gasteiger partial charge is 0.245 e. The van der Waals surface area contributed by atoms with Gasteiger partial charge in [-0.1, -0.05) is 6.07 Å². The number of alkyl halides is 1. The lowest BCUT2D eigenvalue weighted by Crippen LogP contribution is -2.25. The number of carbonyl (C=O) groups is 1. The van der Waals surface area contributed by atoms with E-state index in [0.29, 0.717) is 0 Å². The number of aromatic nitrogens is 2. The molecular formula is C15H18ClN3O. The molecule has 1 aliphatic rings. The van der Waals surface area contributed by atoms with Gasteiger partial charge in [0.1, 0.15) is 11.9 Å². The van der Waals surface area contributed by atoms with E-state index in [9.17, 15) is 4.79 Å². The van der Waals surface area contributed by atoms with Crippen molar-refractivity contribution in [3.8, 4) is 0 Å². The lowest BCUT2D eigenvalue weighted by atomic mass is 10.2. The summed E-state index contributed by atoms with van der Waals surface area (Å²) in [5.41, 5.74) is 3.06. The Bertz CT molecular complexity index is 677. The Morgan fingerprint density at radius 2 is 2.20 bits per heavy atom. The Labute approximate surface area is 123 Å². The van der Waals surface area contributed by atoms with Crippen LogP contribution in [0.25, 0.3) is 11.0 Å². The first kappa shape index (κ1) is 13.4. The van der Waals surface area contributed by atoms with Crippen LogP contribution in [0.4, 0.5) is 0 Å². The lowest BCUT2D eigenvalue weighted by molar-refractivity contribution is -0.129. The Kier molecular flexibility index (Phi) is 3.21. The lowest BCUT2D eigenvalue weighted by Gasteiger charge is -2.17. The molecule has 0 bridgehead atoms. The third-order valence-electron chi connectivity index (χ3n) is 3.94. The summed E-state index contributed by atoms with van der Waals surface area (Å²) in [6.07, 6.45) is 0.811. The first-order chi connectivity index (χ1) is 9.49. The maximum Gasteiger partial charge on any atom is 0.245 e. The highest BCUT2D eigenvalue weighted by Crippen LogP contribution is 2.33. The van der Waals surface area contributed by atoms with Gasteiger partial charge in [0, 0.05) is 13.6 Å². The molecule has 1 saturated heterocycles. The van der Waals surface area contributed by atoms with Crippen molar-refractivity contribution in [1.82, 2.24) is 14.5 Å². The first-order valence-electron chi connectivity index (χ1n) is 6.86. The zero-order chi connectivity index (χ0) is 14.4. The van der Waals surface area contributed by atoms with Gasteiger partial charge in [-0.3, -0.25) is 4.79 Å². The van der Waals surface area contributed by atoms with Crippen LogP contribution in [-0.2, 0) is 4.79 Å². The maximum atomic E-state index is 12.3. The number of halogens is 1. The number of benzene rings is 1. The van der Waals surface area contributed by atoms with Crippen LogP contribution < -0.4 is 0 Å². The van der Waals surface area contributed by atoms with Gasteiger partial charge < -0.3 is 9.47 Å². The average molecular weight is 292 g/mol. The summed E-state index contributed by atoms with van der Waals surface area (Å²) in [6.45, 7) is 4.73. The molecule has 2 aromatic rings. The van der Waals surface area contributed by atoms with Gasteiger partial charge >= 0.3 is 0 Å². The van der Waals surface area contributed by atoms with Crippen molar-refractivity contribution in [1.29, 1.82) is 0 Å². The summed E-state index contributed by atoms with van der Waals surface area (Å²) in [6, 6.07) is 5.93. The highest BCUT2D eigenvalue weighted by molar-refractivity contribution is 6.20. The molecule has 0 radical (unpaired) electrons. The Morgan fingerprint density at radius 1 is 1.45 bits per heavy atom. The number of aryl methyl sites for hydroxylation is 1. The average Bonchev–Trinajstić information content (AvgIpc) is 2.91. The number of nitrogens with zero attached hydrogens (tertiary/aromatic N) is 3. The number of imidazole rings is 1. The van der Waals surface area contributed by atoms with Gasteiger partial charge in [-0.05, 0) is 38.0 Å². The zero-order valence-corrected chi connectivity index (χ0v) is 12.7. The molecule has 2 heterocycles. The third kappa shape index (κ3) is 1.99. The van der Waals surface area contributed by atoms with Crippen LogP contribution in [-0.4, -0.2) is 34.0 Å². The zero-order valence-electron chi connectivity index (χ0n) is 11.9. The highest BCUT2D eigenvalue weighted by atomic mass is 35.5. The van der Waals surface area contributed by atoms with Gasteiger partial charge in [-0.25, -0.2) is 4.98 Å². The second-order valence-corrected chi connectivity index (χ2v) is 6.17. The molecule has 1 aromatic heterocycles. The predicted octanol–water partition coefficient (Wildman–Crippen LogP) is 3.05. The van der Waals surface area contributed by atoms with Gasteiger partial charge in [0.05, 0.1) is 16.4 Å². The number of rotatable bonds is 2. The monoisotopic (exact) mass is 291 g/mol. The first-order valence-corrected chi connectivity index (χ1v) is 7.30. The molecular weight excluding hydrogens is 274 g/mol. The van der Waals surface area contributed by atoms with Crippen LogP contribution in [0.3, 0.4) is 0 Å². The molecule has 1 aromatic carbocycles. The molecule has 106 valence electrons. The highest BCUT2D eigenvalue weighted by Gasteiger charge is 2.33. The summed E-state index contributed by atoms with van der Waals surface area (Å²) < 4.78 is 2.03. The summed E-state index contributed by atoms with van der Waals surface area (Å²) in [5, 5.41) is -0.221. The standard InChI is InChI=1S/C15H18ClN3O/c1-9-4-5-11-13(8-9)19(14(17-11)10(2)16)12-6-7-18(3)15(12)20/h4-5,8,10,12H,6-7H2,1-3H3. The van der Waals surface area contributed by atoms with Crippen molar-refractivity contribution in [3.63, 3.8) is 0 Å². The molecule has 3 rings (SSSR count). The number of carbonyl (C=O) groups excluding carboxylic acids is 1. The van der Waals surface area contributed by atoms with Crippen LogP contribution in [0.15, 0.2) is 18.2 Å². The molecule has 5 heteroatoms. The molecule has 2 atom stereocenters. The van der Waals surface area contributed by atoms with Crippen LogP contribution in [0, 0.1) is 6.92 Å². The number of fused-ring (bicyclic) bond motifs is 1. The second kappa shape index (κ2) is 4.77. The van der Waals surface area contributed by atoms with E-state index in [1.165, 1.54) is 0 Å². The number of likely N-dealkylation sites (tertiary alicyclic amines) is 1. The summed E-state index contributed by atoms with van der Waals surface area (Å²) in [5.74, 6) is 0.922. The van der Waals surface area contributed by atoms with Gasteiger partial charge in [0.15, 0.2) is 0 Å². The molecule has 1 fully saturated rings. The van der Waals surface area contributed by atoms with E-state index in [1.54, 1.807) is 4.90 Å². The Hall–Kier alpha value is -1.55. The fourth-order valence-corrected chi connectivity index (χ4v) is 3.03. The van der Waals surface area contributed by atoms with E-state index in [0.717, 1.165) is 35.4 Å². The number of likely N-dealkylation sites (N-methyl/N-ethyl adjacent to an activating group) is 1. The SMILES string of the molecule is Cc1ccc2nc(C(C)Cl)n(C3CCN(C)C3=O)c2c1. The molecule has 0 N–H and O–H groups in total. The second-order valence-electron chi connectivity index (χ2n) is 5.51. The van der Waals surface area contributed by atoms with Gasteiger partial charge in [0.25, 0.3) is 0 Å². The maximum absolute atomic E-state index is 12.3. The normalized spacial score (nSPS) is 20.9. The quantitative estimate of drug-likeness (QED) is 0.798. The molecule has 0 aliphatic carbocycles. The minimum Gasteiger partial charge on any atom is -0.344 e. The van der Waals surface area contributed by atoms with Gasteiger partial charge in [0.2, 0.25) is 5.91 Å². The van der Waals surface area contributed by atoms with E-state index in [-0.39, 0.29) is 17.3 Å². The van der Waals surface area contributed by atoms with Crippen LogP contribution in [0.5, 0.6) is 0 Å². The van der Waals surface area contributed by atoms with E-state index in [4.69, 9.17) is 11.6 Å². The number of amides is 1. The molecule has 20 heavy (non-hydrogen) atoms. The van der Waals surface area contributed by atoms with Crippen molar-refractivity contribution in [3.05, 3.63) is 29.6 Å². The van der Waals surface area contributed by atoms with E-state index in [1.807, 2.05) is 37.6 Å². The van der Waals surface area contributed by atoms with E-state index >= 15 is 0 Å². The topological polar surface area (TPSA) is 38.1 Å². The largest absolute Gasteiger partial charge is 0.344 e. The Morgan fingerprint density at radius 3 is 2.80 bits per heavy atom. The third-order valence-corrected chi connectivity index (χ3v) is 4.13. The Balaban J connectivity index is 2.23. The van der Waals surface area contributed by atoms with Crippen molar-refractivity contribution >= 4 is 28.5 Å². The molecule has 0 spiro atoms. The van der Waals surface area contributed by atoms with Gasteiger partial charge in [-0.15, -0.1) is 11.6 Å². The molecule has 1 aliphatic heterocycles. The van der Waals surface area contributed by atoms with Crippen LogP contribution >= 0.6 is 11.6 Å². The fraction of sp³-hybridized carbons (Fsp3) is 0.467. The van der Waals surface area contributed by atoms with Crippen molar-refractivity contribution in [2.75, 3.05) is 13.6 Å². The fourth-order valence-electron chi connectivity index (χ4n) is 2.87. The summed E-state index contributed by atoms with van der Waals surface area (Å²) >= 11 is 6.27. The number of hydrogen-bond acceptors (Lipinski definition) is 2. The molecule has 4 nitrogen and oxygen atoms in total. The van der Waals surface area contributed by atoms with Crippen molar-refractivity contribution < 1.29 is 4.79 Å². The summed E-state index contributed by atoms with van der Waals surface area (Å²) in [4.78, 5) is 18.7. The molecule has 1 amide bonds. The van der Waals surface area contributed by atoms with Gasteiger partial charge in [-0.2, -0.15) is 0 Å².